The fourth-order valence-electron chi connectivity index (χ4n) is 3.30. The molecule has 9 nitrogen and oxygen atoms in total. The number of pyridine rings is 1. The van der Waals surface area contributed by atoms with Gasteiger partial charge in [0.25, 0.3) is 5.82 Å². The summed E-state index contributed by atoms with van der Waals surface area (Å²) in [7, 11) is -3.48. The number of aromatic nitrogens is 3. The molecule has 0 radical (unpaired) electrons. The summed E-state index contributed by atoms with van der Waals surface area (Å²) in [5.74, 6) is 1.65. The van der Waals surface area contributed by atoms with E-state index in [1.54, 1.807) is 30.7 Å². The van der Waals surface area contributed by atoms with Crippen LogP contribution in [-0.2, 0) is 14.8 Å². The van der Waals surface area contributed by atoms with Crippen LogP contribution in [-0.4, -0.2) is 75.2 Å². The fraction of sp³-hybridized carbons (Fsp3) is 0.471. The van der Waals surface area contributed by atoms with Gasteiger partial charge in [0.15, 0.2) is 0 Å². The van der Waals surface area contributed by atoms with Crippen LogP contribution in [0.2, 0.25) is 0 Å². The number of sulfonamides is 1. The van der Waals surface area contributed by atoms with Gasteiger partial charge >= 0.3 is 0 Å². The average Bonchev–Trinajstić information content (AvgIpc) is 2.75. The third-order valence-electron chi connectivity index (χ3n) is 4.83. The van der Waals surface area contributed by atoms with Gasteiger partial charge < -0.3 is 9.64 Å². The molecule has 2 aliphatic heterocycles. The van der Waals surface area contributed by atoms with Crippen LogP contribution in [0.15, 0.2) is 41.7 Å². The number of aromatic amines is 1. The lowest BCUT2D eigenvalue weighted by molar-refractivity contribution is -0.367. The predicted octanol–water partition coefficient (Wildman–Crippen LogP) is -0.362. The maximum atomic E-state index is 12.7. The Labute approximate surface area is 158 Å². The van der Waals surface area contributed by atoms with Crippen LogP contribution in [0, 0.1) is 0 Å². The van der Waals surface area contributed by atoms with Gasteiger partial charge in [-0.15, -0.1) is 0 Å². The van der Waals surface area contributed by atoms with Gasteiger partial charge in [-0.2, -0.15) is 4.31 Å². The highest BCUT2D eigenvalue weighted by Crippen LogP contribution is 2.18. The number of anilines is 2. The molecule has 0 spiro atoms. The molecule has 10 heteroatoms. The third kappa shape index (κ3) is 3.87. The second kappa shape index (κ2) is 7.75. The van der Waals surface area contributed by atoms with Crippen molar-refractivity contribution in [1.82, 2.24) is 14.3 Å². The van der Waals surface area contributed by atoms with Crippen LogP contribution in [0.4, 0.5) is 11.8 Å². The number of ether oxygens (including phenoxy) is 1. The number of piperazine rings is 1. The first-order chi connectivity index (χ1) is 13.1. The van der Waals surface area contributed by atoms with Crippen molar-refractivity contribution in [1.29, 1.82) is 0 Å². The molecular weight excluding hydrogens is 368 g/mol. The Morgan fingerprint density at radius 2 is 1.59 bits per heavy atom. The summed E-state index contributed by atoms with van der Waals surface area (Å²) in [6, 6.07) is 5.31. The average molecular weight is 391 g/mol. The molecule has 0 atom stereocenters. The molecule has 1 N–H and O–H groups in total. The van der Waals surface area contributed by atoms with Crippen molar-refractivity contribution in [2.75, 3.05) is 62.3 Å². The molecule has 2 aromatic rings. The van der Waals surface area contributed by atoms with E-state index in [1.165, 1.54) is 4.31 Å². The zero-order valence-corrected chi connectivity index (χ0v) is 15.8. The summed E-state index contributed by atoms with van der Waals surface area (Å²) in [6.45, 7) is 4.92. The first kappa shape index (κ1) is 18.1. The van der Waals surface area contributed by atoms with Gasteiger partial charge in [-0.05, 0) is 12.1 Å². The largest absolute Gasteiger partial charge is 0.379 e. The highest BCUT2D eigenvalue weighted by atomic mass is 32.2. The second-order valence-electron chi connectivity index (χ2n) is 6.45. The highest BCUT2D eigenvalue weighted by molar-refractivity contribution is 7.89. The molecule has 0 saturated carbocycles. The van der Waals surface area contributed by atoms with Crippen molar-refractivity contribution in [3.8, 4) is 0 Å². The van der Waals surface area contributed by atoms with Gasteiger partial charge in [0.2, 0.25) is 16.0 Å². The number of rotatable bonds is 4. The lowest BCUT2D eigenvalue weighted by Crippen LogP contribution is -2.48. The van der Waals surface area contributed by atoms with E-state index < -0.39 is 10.0 Å². The molecule has 0 amide bonds. The number of hydrogen-bond donors (Lipinski definition) is 0. The van der Waals surface area contributed by atoms with Crippen molar-refractivity contribution >= 4 is 21.8 Å². The maximum absolute atomic E-state index is 12.7. The van der Waals surface area contributed by atoms with Crippen molar-refractivity contribution in [2.45, 2.75) is 4.90 Å². The SMILES string of the molecule is O=S(=O)(c1ccc(N2CCN(c3ncccn3)CC2)[nH+]c1)N1CCOCC1. The van der Waals surface area contributed by atoms with E-state index in [1.807, 2.05) is 6.07 Å². The molecule has 2 aliphatic rings. The van der Waals surface area contributed by atoms with E-state index in [-0.39, 0.29) is 4.90 Å². The summed E-state index contributed by atoms with van der Waals surface area (Å²) < 4.78 is 32.1. The quantitative estimate of drug-likeness (QED) is 0.703. The monoisotopic (exact) mass is 391 g/mol. The molecule has 2 saturated heterocycles. The molecule has 4 heterocycles. The van der Waals surface area contributed by atoms with E-state index in [2.05, 4.69) is 24.8 Å². The van der Waals surface area contributed by atoms with Crippen molar-refractivity contribution < 1.29 is 18.1 Å². The highest BCUT2D eigenvalue weighted by Gasteiger charge is 2.29. The Balaban J connectivity index is 1.41. The van der Waals surface area contributed by atoms with Crippen molar-refractivity contribution in [2.24, 2.45) is 0 Å². The van der Waals surface area contributed by atoms with Gasteiger partial charge in [0.1, 0.15) is 24.2 Å². The number of hydrogen-bond acceptors (Lipinski definition) is 7. The van der Waals surface area contributed by atoms with E-state index in [0.717, 1.165) is 37.9 Å². The summed E-state index contributed by atoms with van der Waals surface area (Å²) in [4.78, 5) is 16.4. The molecule has 27 heavy (non-hydrogen) atoms. The van der Waals surface area contributed by atoms with E-state index >= 15 is 0 Å². The van der Waals surface area contributed by atoms with E-state index in [9.17, 15) is 8.42 Å². The number of nitrogens with zero attached hydrogens (tertiary/aromatic N) is 5. The van der Waals surface area contributed by atoms with Gasteiger partial charge in [0.05, 0.1) is 26.3 Å². The molecule has 144 valence electrons. The minimum Gasteiger partial charge on any atom is -0.379 e. The van der Waals surface area contributed by atoms with Crippen molar-refractivity contribution in [3.63, 3.8) is 0 Å². The fourth-order valence-corrected chi connectivity index (χ4v) is 4.67. The third-order valence-corrected chi connectivity index (χ3v) is 6.73. The van der Waals surface area contributed by atoms with Crippen LogP contribution in [0.5, 0.6) is 0 Å². The van der Waals surface area contributed by atoms with E-state index in [0.29, 0.717) is 26.3 Å². The lowest BCUT2D eigenvalue weighted by Gasteiger charge is -2.30. The van der Waals surface area contributed by atoms with Crippen LogP contribution < -0.4 is 14.8 Å². The number of nitrogens with one attached hydrogen (secondary N) is 1. The predicted molar refractivity (Wildman–Crippen MR) is 99.0 cm³/mol. The van der Waals surface area contributed by atoms with Crippen LogP contribution in [0.1, 0.15) is 0 Å². The molecular formula is C17H23N6O3S+. The first-order valence-corrected chi connectivity index (χ1v) is 10.5. The Kier molecular flexibility index (Phi) is 5.19. The summed E-state index contributed by atoms with van der Waals surface area (Å²) in [5.41, 5.74) is 0. The van der Waals surface area contributed by atoms with Gasteiger partial charge in [-0.25, -0.2) is 23.4 Å². The number of morpholine rings is 1. The minimum absolute atomic E-state index is 0.282. The topological polar surface area (TPSA) is 93.0 Å². The normalized spacial score (nSPS) is 19.3. The molecule has 4 rings (SSSR count). The van der Waals surface area contributed by atoms with Gasteiger partial charge in [-0.3, -0.25) is 4.90 Å². The van der Waals surface area contributed by atoms with Crippen LogP contribution in [0.3, 0.4) is 0 Å². The van der Waals surface area contributed by atoms with Crippen LogP contribution >= 0.6 is 0 Å². The zero-order valence-electron chi connectivity index (χ0n) is 15.0. The van der Waals surface area contributed by atoms with E-state index in [4.69, 9.17) is 4.74 Å². The standard InChI is InChI=1S/C17H22N6O3S/c24-27(25,23-10-12-26-13-11-23)15-2-3-16(20-14-15)21-6-8-22(9-7-21)17-18-4-1-5-19-17/h1-5,14H,6-13H2/p+1. The molecule has 2 aromatic heterocycles. The minimum atomic E-state index is -3.48. The maximum Gasteiger partial charge on any atom is 0.274 e. The Hall–Kier alpha value is -2.30. The summed E-state index contributed by atoms with van der Waals surface area (Å²) in [6.07, 6.45) is 5.07. The Morgan fingerprint density at radius 3 is 2.22 bits per heavy atom. The molecule has 0 aromatic carbocycles. The molecule has 0 aliphatic carbocycles. The summed E-state index contributed by atoms with van der Waals surface area (Å²) >= 11 is 0. The smallest absolute Gasteiger partial charge is 0.274 e. The van der Waals surface area contributed by atoms with Gasteiger partial charge in [-0.1, -0.05) is 0 Å². The molecule has 2 fully saturated rings. The molecule has 0 unspecified atom stereocenters. The van der Waals surface area contributed by atoms with Gasteiger partial charge in [0, 0.05) is 31.5 Å². The second-order valence-corrected chi connectivity index (χ2v) is 8.39. The Morgan fingerprint density at radius 1 is 0.926 bits per heavy atom. The Bertz CT molecular complexity index is 848. The lowest BCUT2D eigenvalue weighted by atomic mass is 10.3. The van der Waals surface area contributed by atoms with Crippen LogP contribution in [0.25, 0.3) is 0 Å². The molecule has 0 bridgehead atoms. The first-order valence-electron chi connectivity index (χ1n) is 9.01. The van der Waals surface area contributed by atoms with Crippen molar-refractivity contribution in [3.05, 3.63) is 36.8 Å². The number of H-pyrrole nitrogens is 1. The summed E-state index contributed by atoms with van der Waals surface area (Å²) in [5, 5.41) is 0. The zero-order chi connectivity index (χ0) is 18.7.